The molecule has 0 heterocycles. The van der Waals surface area contributed by atoms with E-state index in [1.807, 2.05) is 6.92 Å². The third-order valence-electron chi connectivity index (χ3n) is 3.98. The highest BCUT2D eigenvalue weighted by molar-refractivity contribution is 5.76. The molecule has 2 rings (SSSR count). The molecule has 2 aromatic rings. The quantitative estimate of drug-likeness (QED) is 0.438. The number of nitro groups is 1. The Morgan fingerprint density at radius 2 is 1.88 bits per heavy atom. The third kappa shape index (κ3) is 5.60. The van der Waals surface area contributed by atoms with Crippen LogP contribution in [0.3, 0.4) is 0 Å². The molecular weight excluding hydrogens is 318 g/mol. The number of carbonyl (C=O) groups excluding carboxylic acids is 1. The van der Waals surface area contributed by atoms with Gasteiger partial charge < -0.3 is 10.6 Å². The summed E-state index contributed by atoms with van der Waals surface area (Å²) < 4.78 is 0. The molecule has 0 aliphatic heterocycles. The molecule has 1 amide bonds. The third-order valence-corrected chi connectivity index (χ3v) is 3.98. The van der Waals surface area contributed by atoms with Crippen molar-refractivity contribution in [2.75, 3.05) is 18.4 Å². The fourth-order valence-electron chi connectivity index (χ4n) is 2.64. The summed E-state index contributed by atoms with van der Waals surface area (Å²) in [6.07, 6.45) is 1.13. The van der Waals surface area contributed by atoms with E-state index in [9.17, 15) is 14.9 Å². The van der Waals surface area contributed by atoms with Gasteiger partial charge in [-0.05, 0) is 37.5 Å². The Morgan fingerprint density at radius 1 is 1.12 bits per heavy atom. The number of aryl methyl sites for hydroxylation is 3. The topological polar surface area (TPSA) is 84.3 Å². The van der Waals surface area contributed by atoms with Crippen molar-refractivity contribution in [2.24, 2.45) is 0 Å². The monoisotopic (exact) mass is 341 g/mol. The van der Waals surface area contributed by atoms with Gasteiger partial charge in [-0.3, -0.25) is 14.9 Å². The van der Waals surface area contributed by atoms with E-state index in [1.165, 1.54) is 22.8 Å². The van der Waals surface area contributed by atoms with Gasteiger partial charge in [0, 0.05) is 25.6 Å². The number of carbonyl (C=O) groups is 1. The minimum atomic E-state index is -0.426. The molecule has 6 nitrogen and oxygen atoms in total. The Balaban J connectivity index is 1.73. The van der Waals surface area contributed by atoms with Crippen LogP contribution in [0.15, 0.2) is 42.5 Å². The standard InChI is InChI=1S/C19H23N3O3/c1-14-7-8-16(15(2)13-14)9-10-19(23)21-12-11-20-17-5-3-4-6-18(17)22(24)25/h3-8,13,20H,9-12H2,1-2H3,(H,21,23). The van der Waals surface area contributed by atoms with Crippen molar-refractivity contribution in [3.63, 3.8) is 0 Å². The fourth-order valence-corrected chi connectivity index (χ4v) is 2.64. The lowest BCUT2D eigenvalue weighted by atomic mass is 10.0. The zero-order valence-electron chi connectivity index (χ0n) is 14.5. The van der Waals surface area contributed by atoms with E-state index in [0.29, 0.717) is 31.6 Å². The molecule has 0 aliphatic rings. The summed E-state index contributed by atoms with van der Waals surface area (Å²) in [5.74, 6) is -0.0238. The number of benzene rings is 2. The molecule has 0 unspecified atom stereocenters. The highest BCUT2D eigenvalue weighted by atomic mass is 16.6. The molecule has 132 valence electrons. The van der Waals surface area contributed by atoms with Gasteiger partial charge in [0.15, 0.2) is 0 Å². The maximum atomic E-state index is 11.9. The molecule has 0 aromatic heterocycles. The van der Waals surface area contributed by atoms with Crippen LogP contribution in [0.5, 0.6) is 0 Å². The first-order valence-electron chi connectivity index (χ1n) is 8.27. The van der Waals surface area contributed by atoms with E-state index >= 15 is 0 Å². The van der Waals surface area contributed by atoms with Crippen LogP contribution < -0.4 is 10.6 Å². The normalized spacial score (nSPS) is 10.3. The molecule has 0 fully saturated rings. The molecule has 2 N–H and O–H groups in total. The maximum absolute atomic E-state index is 11.9. The fraction of sp³-hybridized carbons (Fsp3) is 0.316. The highest BCUT2D eigenvalue weighted by Gasteiger charge is 2.11. The zero-order chi connectivity index (χ0) is 18.2. The van der Waals surface area contributed by atoms with Crippen molar-refractivity contribution in [1.82, 2.24) is 5.32 Å². The summed E-state index contributed by atoms with van der Waals surface area (Å²) in [7, 11) is 0. The van der Waals surface area contributed by atoms with Gasteiger partial charge in [-0.2, -0.15) is 0 Å². The molecule has 0 saturated heterocycles. The summed E-state index contributed by atoms with van der Waals surface area (Å²) in [4.78, 5) is 22.4. The number of hydrogen-bond acceptors (Lipinski definition) is 4. The van der Waals surface area contributed by atoms with Gasteiger partial charge in [-0.25, -0.2) is 0 Å². The van der Waals surface area contributed by atoms with Gasteiger partial charge in [0.1, 0.15) is 5.69 Å². The molecule has 0 saturated carbocycles. The number of para-hydroxylation sites is 2. The molecule has 0 atom stereocenters. The molecule has 6 heteroatoms. The van der Waals surface area contributed by atoms with Crippen LogP contribution in [0.4, 0.5) is 11.4 Å². The first-order chi connectivity index (χ1) is 12.0. The van der Waals surface area contributed by atoms with Crippen LogP contribution in [-0.2, 0) is 11.2 Å². The van der Waals surface area contributed by atoms with E-state index in [4.69, 9.17) is 0 Å². The number of nitro benzene ring substituents is 1. The van der Waals surface area contributed by atoms with E-state index in [2.05, 4.69) is 35.8 Å². The average Bonchev–Trinajstić information content (AvgIpc) is 2.58. The van der Waals surface area contributed by atoms with Crippen LogP contribution in [-0.4, -0.2) is 23.9 Å². The lowest BCUT2D eigenvalue weighted by Crippen LogP contribution is -2.29. The lowest BCUT2D eigenvalue weighted by Gasteiger charge is -2.09. The molecule has 25 heavy (non-hydrogen) atoms. The van der Waals surface area contributed by atoms with Crippen LogP contribution in [0.25, 0.3) is 0 Å². The van der Waals surface area contributed by atoms with E-state index in [1.54, 1.807) is 18.2 Å². The summed E-state index contributed by atoms with van der Waals surface area (Å²) >= 11 is 0. The van der Waals surface area contributed by atoms with Gasteiger partial charge >= 0.3 is 0 Å². The maximum Gasteiger partial charge on any atom is 0.292 e. The summed E-state index contributed by atoms with van der Waals surface area (Å²) in [5, 5.41) is 16.7. The van der Waals surface area contributed by atoms with Crippen LogP contribution in [0, 0.1) is 24.0 Å². The summed E-state index contributed by atoms with van der Waals surface area (Å²) in [5.41, 5.74) is 4.08. The van der Waals surface area contributed by atoms with Crippen molar-refractivity contribution >= 4 is 17.3 Å². The second-order valence-corrected chi connectivity index (χ2v) is 5.98. The number of rotatable bonds is 8. The van der Waals surface area contributed by atoms with E-state index < -0.39 is 4.92 Å². The SMILES string of the molecule is Cc1ccc(CCC(=O)NCCNc2ccccc2[N+](=O)[O-])c(C)c1. The highest BCUT2D eigenvalue weighted by Crippen LogP contribution is 2.22. The Hall–Kier alpha value is -2.89. The van der Waals surface area contributed by atoms with Crippen LogP contribution in [0.1, 0.15) is 23.1 Å². The van der Waals surface area contributed by atoms with E-state index in [0.717, 1.165) is 0 Å². The minimum Gasteiger partial charge on any atom is -0.378 e. The first-order valence-corrected chi connectivity index (χ1v) is 8.27. The molecule has 2 aromatic carbocycles. The van der Waals surface area contributed by atoms with Gasteiger partial charge in [0.2, 0.25) is 5.91 Å². The van der Waals surface area contributed by atoms with Crippen molar-refractivity contribution in [1.29, 1.82) is 0 Å². The molecular formula is C19H23N3O3. The minimum absolute atomic E-state index is 0.0238. The summed E-state index contributed by atoms with van der Waals surface area (Å²) in [6, 6.07) is 12.7. The number of amides is 1. The van der Waals surface area contributed by atoms with Gasteiger partial charge in [0.05, 0.1) is 4.92 Å². The second kappa shape index (κ2) is 8.82. The Bertz CT molecular complexity index is 759. The van der Waals surface area contributed by atoms with Crippen molar-refractivity contribution < 1.29 is 9.72 Å². The smallest absolute Gasteiger partial charge is 0.292 e. The summed E-state index contributed by atoms with van der Waals surface area (Å²) in [6.45, 7) is 4.95. The van der Waals surface area contributed by atoms with Crippen molar-refractivity contribution in [3.8, 4) is 0 Å². The predicted octanol–water partition coefficient (Wildman–Crippen LogP) is 3.37. The number of anilines is 1. The van der Waals surface area contributed by atoms with Crippen molar-refractivity contribution in [2.45, 2.75) is 26.7 Å². The number of hydrogen-bond donors (Lipinski definition) is 2. The van der Waals surface area contributed by atoms with Crippen LogP contribution in [0.2, 0.25) is 0 Å². The molecule has 0 radical (unpaired) electrons. The van der Waals surface area contributed by atoms with Gasteiger partial charge in [0.25, 0.3) is 5.69 Å². The van der Waals surface area contributed by atoms with Gasteiger partial charge in [-0.15, -0.1) is 0 Å². The largest absolute Gasteiger partial charge is 0.378 e. The number of nitrogens with zero attached hydrogens (tertiary/aromatic N) is 1. The average molecular weight is 341 g/mol. The Labute approximate surface area is 147 Å². The molecule has 0 bridgehead atoms. The zero-order valence-corrected chi connectivity index (χ0v) is 14.5. The Kier molecular flexibility index (Phi) is 6.51. The lowest BCUT2D eigenvalue weighted by molar-refractivity contribution is -0.384. The van der Waals surface area contributed by atoms with Gasteiger partial charge in [-0.1, -0.05) is 35.9 Å². The van der Waals surface area contributed by atoms with Crippen molar-refractivity contribution in [3.05, 3.63) is 69.3 Å². The first kappa shape index (κ1) is 18.4. The Morgan fingerprint density at radius 3 is 2.60 bits per heavy atom. The predicted molar refractivity (Wildman–Crippen MR) is 98.8 cm³/mol. The van der Waals surface area contributed by atoms with E-state index in [-0.39, 0.29) is 11.6 Å². The number of nitrogens with one attached hydrogen (secondary N) is 2. The molecule has 0 aliphatic carbocycles. The second-order valence-electron chi connectivity index (χ2n) is 5.98. The molecule has 0 spiro atoms. The van der Waals surface area contributed by atoms with Crippen LogP contribution >= 0.6 is 0 Å².